The van der Waals surface area contributed by atoms with Crippen LogP contribution < -0.4 is 10.1 Å². The van der Waals surface area contributed by atoms with E-state index in [1.807, 2.05) is 36.4 Å². The first kappa shape index (κ1) is 21.9. The van der Waals surface area contributed by atoms with Crippen LogP contribution in [-0.2, 0) is 11.4 Å². The highest BCUT2D eigenvalue weighted by Crippen LogP contribution is 2.31. The fourth-order valence-corrected chi connectivity index (χ4v) is 3.58. The Hall–Kier alpha value is -2.78. The zero-order valence-corrected chi connectivity index (χ0v) is 18.6. The van der Waals surface area contributed by atoms with Gasteiger partial charge in [0.15, 0.2) is 0 Å². The maximum Gasteiger partial charge on any atom is 0.266 e. The number of nitriles is 1. The maximum atomic E-state index is 12.5. The van der Waals surface area contributed by atoms with Crippen molar-refractivity contribution in [1.29, 1.82) is 5.26 Å². The molecule has 0 saturated heterocycles. The fraction of sp³-hybridized carbons (Fsp3) is 0.0435. The van der Waals surface area contributed by atoms with Crippen LogP contribution in [0.15, 0.2) is 76.8 Å². The molecule has 1 amide bonds. The van der Waals surface area contributed by atoms with Gasteiger partial charge in [0.2, 0.25) is 0 Å². The highest BCUT2D eigenvalue weighted by atomic mass is 79.9. The van der Waals surface area contributed by atoms with Crippen LogP contribution >= 0.6 is 39.1 Å². The van der Waals surface area contributed by atoms with Crippen molar-refractivity contribution in [2.75, 3.05) is 5.32 Å². The number of halogens is 3. The maximum absolute atomic E-state index is 12.5. The first-order valence-electron chi connectivity index (χ1n) is 8.81. The zero-order chi connectivity index (χ0) is 21.5. The van der Waals surface area contributed by atoms with Crippen LogP contribution in [0.1, 0.15) is 11.1 Å². The van der Waals surface area contributed by atoms with E-state index in [-0.39, 0.29) is 21.3 Å². The normalized spacial score (nSPS) is 10.9. The molecule has 0 unspecified atom stereocenters. The van der Waals surface area contributed by atoms with Gasteiger partial charge in [-0.15, -0.1) is 0 Å². The first-order valence-corrected chi connectivity index (χ1v) is 10.4. The summed E-state index contributed by atoms with van der Waals surface area (Å²) in [4.78, 5) is 12.5. The third-order valence-corrected chi connectivity index (χ3v) is 5.32. The van der Waals surface area contributed by atoms with Gasteiger partial charge >= 0.3 is 0 Å². The molecular formula is C23H15BrCl2N2O2. The molecule has 0 saturated carbocycles. The average Bonchev–Trinajstić information content (AvgIpc) is 2.74. The van der Waals surface area contributed by atoms with Crippen molar-refractivity contribution in [3.05, 3.63) is 97.9 Å². The minimum Gasteiger partial charge on any atom is -0.488 e. The van der Waals surface area contributed by atoms with Crippen molar-refractivity contribution in [2.45, 2.75) is 6.61 Å². The minimum absolute atomic E-state index is 0.0872. The molecule has 0 aromatic heterocycles. The highest BCUT2D eigenvalue weighted by Gasteiger charge is 2.14. The van der Waals surface area contributed by atoms with Crippen LogP contribution in [0.4, 0.5) is 5.69 Å². The summed E-state index contributed by atoms with van der Waals surface area (Å²) in [5.74, 6) is 0.0508. The first-order chi connectivity index (χ1) is 14.5. The Bertz CT molecular complexity index is 1120. The van der Waals surface area contributed by atoms with Gasteiger partial charge in [-0.3, -0.25) is 4.79 Å². The molecule has 0 bridgehead atoms. The summed E-state index contributed by atoms with van der Waals surface area (Å²) in [6, 6.07) is 21.9. The van der Waals surface area contributed by atoms with Gasteiger partial charge in [-0.2, -0.15) is 5.26 Å². The van der Waals surface area contributed by atoms with Crippen LogP contribution in [0, 0.1) is 11.3 Å². The second kappa shape index (κ2) is 10.3. The predicted molar refractivity (Wildman–Crippen MR) is 124 cm³/mol. The SMILES string of the molecule is N#C/C(=C\c1ccc(OCc2ccccc2)c(Br)c1)C(=O)Nc1c(Cl)cccc1Cl. The van der Waals surface area contributed by atoms with Crippen LogP contribution in [0.2, 0.25) is 10.0 Å². The molecule has 3 aromatic rings. The zero-order valence-electron chi connectivity index (χ0n) is 15.5. The van der Waals surface area contributed by atoms with E-state index in [2.05, 4.69) is 21.2 Å². The van der Waals surface area contributed by atoms with E-state index in [1.165, 1.54) is 6.08 Å². The molecule has 0 heterocycles. The molecule has 0 atom stereocenters. The van der Waals surface area contributed by atoms with E-state index in [0.29, 0.717) is 22.4 Å². The minimum atomic E-state index is -0.604. The topological polar surface area (TPSA) is 62.1 Å². The van der Waals surface area contributed by atoms with Gasteiger partial charge in [0.25, 0.3) is 5.91 Å². The molecule has 1 N–H and O–H groups in total. The number of rotatable bonds is 6. The van der Waals surface area contributed by atoms with Gasteiger partial charge in [0.05, 0.1) is 20.2 Å². The second-order valence-corrected chi connectivity index (χ2v) is 7.85. The number of hydrogen-bond acceptors (Lipinski definition) is 3. The molecule has 0 aliphatic carbocycles. The third kappa shape index (κ3) is 5.64. The Labute approximate surface area is 192 Å². The van der Waals surface area contributed by atoms with Gasteiger partial charge in [-0.1, -0.05) is 65.7 Å². The van der Waals surface area contributed by atoms with Gasteiger partial charge < -0.3 is 10.1 Å². The van der Waals surface area contributed by atoms with Crippen molar-refractivity contribution >= 4 is 56.8 Å². The number of nitrogens with zero attached hydrogens (tertiary/aromatic N) is 1. The van der Waals surface area contributed by atoms with E-state index < -0.39 is 5.91 Å². The van der Waals surface area contributed by atoms with Crippen molar-refractivity contribution < 1.29 is 9.53 Å². The van der Waals surface area contributed by atoms with Crippen molar-refractivity contribution in [1.82, 2.24) is 0 Å². The molecule has 0 aliphatic rings. The van der Waals surface area contributed by atoms with Crippen molar-refractivity contribution in [3.63, 3.8) is 0 Å². The Morgan fingerprint density at radius 1 is 1.07 bits per heavy atom. The number of carbonyl (C=O) groups is 1. The molecule has 3 rings (SSSR count). The van der Waals surface area contributed by atoms with Gasteiger partial charge in [-0.25, -0.2) is 0 Å². The number of para-hydroxylation sites is 1. The van der Waals surface area contributed by atoms with E-state index in [1.54, 1.807) is 36.4 Å². The Balaban J connectivity index is 1.74. The standard InChI is InChI=1S/C23H15BrCl2N2O2/c24-18-12-16(9-10-21(18)30-14-15-5-2-1-3-6-15)11-17(13-27)23(29)28-22-19(25)7-4-8-20(22)26/h1-12H,14H2,(H,28,29)/b17-11+. The van der Waals surface area contributed by atoms with Crippen LogP contribution in [0.3, 0.4) is 0 Å². The number of ether oxygens (including phenoxy) is 1. The summed E-state index contributed by atoms with van der Waals surface area (Å²) in [7, 11) is 0. The molecule has 3 aromatic carbocycles. The van der Waals surface area contributed by atoms with Crippen molar-refractivity contribution in [2.24, 2.45) is 0 Å². The van der Waals surface area contributed by atoms with E-state index >= 15 is 0 Å². The number of nitrogens with one attached hydrogen (secondary N) is 1. The lowest BCUT2D eigenvalue weighted by Gasteiger charge is -2.10. The summed E-state index contributed by atoms with van der Waals surface area (Å²) < 4.78 is 6.53. The molecule has 0 aliphatic heterocycles. The van der Waals surface area contributed by atoms with Gasteiger partial charge in [-0.05, 0) is 57.4 Å². The molecule has 0 spiro atoms. The van der Waals surface area contributed by atoms with E-state index in [4.69, 9.17) is 27.9 Å². The quantitative estimate of drug-likeness (QED) is 0.295. The molecule has 0 radical (unpaired) electrons. The van der Waals surface area contributed by atoms with Gasteiger partial charge in [0.1, 0.15) is 24.0 Å². The van der Waals surface area contributed by atoms with Crippen LogP contribution in [0.25, 0.3) is 6.08 Å². The summed E-state index contributed by atoms with van der Waals surface area (Å²) in [5, 5.41) is 12.6. The molecule has 7 heteroatoms. The lowest BCUT2D eigenvalue weighted by Crippen LogP contribution is -2.14. The van der Waals surface area contributed by atoms with Gasteiger partial charge in [0, 0.05) is 0 Å². The number of anilines is 1. The second-order valence-electron chi connectivity index (χ2n) is 6.18. The van der Waals surface area contributed by atoms with E-state index in [0.717, 1.165) is 5.56 Å². The summed E-state index contributed by atoms with van der Waals surface area (Å²) in [6.45, 7) is 0.430. The number of hydrogen-bond donors (Lipinski definition) is 1. The molecule has 150 valence electrons. The number of carbonyl (C=O) groups excluding carboxylic acids is 1. The Morgan fingerprint density at radius 3 is 2.40 bits per heavy atom. The molecule has 4 nitrogen and oxygen atoms in total. The molecule has 30 heavy (non-hydrogen) atoms. The monoisotopic (exact) mass is 500 g/mol. The van der Waals surface area contributed by atoms with E-state index in [9.17, 15) is 10.1 Å². The van der Waals surface area contributed by atoms with Crippen LogP contribution in [-0.4, -0.2) is 5.91 Å². The largest absolute Gasteiger partial charge is 0.488 e. The van der Waals surface area contributed by atoms with Crippen molar-refractivity contribution in [3.8, 4) is 11.8 Å². The Morgan fingerprint density at radius 2 is 1.77 bits per heavy atom. The summed E-state index contributed by atoms with van der Waals surface area (Å²) >= 11 is 15.6. The summed E-state index contributed by atoms with van der Waals surface area (Å²) in [5.41, 5.74) is 1.88. The molecular weight excluding hydrogens is 487 g/mol. The predicted octanol–water partition coefficient (Wildman–Crippen LogP) is 6.88. The smallest absolute Gasteiger partial charge is 0.266 e. The van der Waals surface area contributed by atoms with Crippen LogP contribution in [0.5, 0.6) is 5.75 Å². The fourth-order valence-electron chi connectivity index (χ4n) is 2.57. The lowest BCUT2D eigenvalue weighted by molar-refractivity contribution is -0.112. The Kier molecular flexibility index (Phi) is 7.53. The lowest BCUT2D eigenvalue weighted by atomic mass is 10.1. The number of amides is 1. The molecule has 0 fully saturated rings. The summed E-state index contributed by atoms with van der Waals surface area (Å²) in [6.07, 6.45) is 1.48. The highest BCUT2D eigenvalue weighted by molar-refractivity contribution is 9.10. The average molecular weight is 502 g/mol. The third-order valence-electron chi connectivity index (χ3n) is 4.07. The number of benzene rings is 3.